The van der Waals surface area contributed by atoms with Crippen LogP contribution in [0.4, 0.5) is 4.39 Å². The number of hydrogen-bond donors (Lipinski definition) is 1. The van der Waals surface area contributed by atoms with Crippen molar-refractivity contribution in [3.05, 3.63) is 95.5 Å². The highest BCUT2D eigenvalue weighted by atomic mass is 19.1. The van der Waals surface area contributed by atoms with E-state index in [9.17, 15) is 9.18 Å². The van der Waals surface area contributed by atoms with Crippen molar-refractivity contribution in [1.29, 1.82) is 0 Å². The summed E-state index contributed by atoms with van der Waals surface area (Å²) in [5.41, 5.74) is 5.26. The van der Waals surface area contributed by atoms with Gasteiger partial charge < -0.3 is 9.72 Å². The van der Waals surface area contributed by atoms with Gasteiger partial charge in [0.05, 0.1) is 29.5 Å². The van der Waals surface area contributed by atoms with Crippen molar-refractivity contribution < 1.29 is 13.9 Å². The Hall–Kier alpha value is -4.00. The van der Waals surface area contributed by atoms with Crippen LogP contribution in [0, 0.1) is 11.2 Å². The van der Waals surface area contributed by atoms with E-state index in [1.807, 2.05) is 35.3 Å². The van der Waals surface area contributed by atoms with Crippen molar-refractivity contribution in [2.45, 2.75) is 58.0 Å². The van der Waals surface area contributed by atoms with Crippen molar-refractivity contribution in [3.63, 3.8) is 0 Å². The van der Waals surface area contributed by atoms with E-state index in [1.165, 1.54) is 24.6 Å². The molecule has 194 valence electrons. The molecule has 1 unspecified atom stereocenters. The number of nitrogens with zero attached hydrogens (tertiary/aromatic N) is 3. The van der Waals surface area contributed by atoms with Gasteiger partial charge in [-0.2, -0.15) is 5.10 Å². The maximum Gasteiger partial charge on any atom is 0.303 e. The highest BCUT2D eigenvalue weighted by Crippen LogP contribution is 2.56. The topological polar surface area (TPSA) is 72.8 Å². The van der Waals surface area contributed by atoms with Crippen LogP contribution in [0.5, 0.6) is 0 Å². The molecule has 0 radical (unpaired) electrons. The van der Waals surface area contributed by atoms with Crippen LogP contribution in [0.1, 0.15) is 56.6 Å². The number of esters is 1. The summed E-state index contributed by atoms with van der Waals surface area (Å²) in [6.07, 6.45) is 10.7. The first-order valence-corrected chi connectivity index (χ1v) is 13.2. The van der Waals surface area contributed by atoms with Gasteiger partial charge in [-0.1, -0.05) is 42.8 Å². The quantitative estimate of drug-likeness (QED) is 0.302. The third kappa shape index (κ3) is 4.16. The number of carbonyl (C=O) groups excluding carboxylic acids is 1. The molecule has 2 heterocycles. The van der Waals surface area contributed by atoms with Gasteiger partial charge in [0.1, 0.15) is 17.2 Å². The number of aromatic nitrogens is 4. The largest absolute Gasteiger partial charge is 0.458 e. The summed E-state index contributed by atoms with van der Waals surface area (Å²) >= 11 is 0. The lowest BCUT2D eigenvalue weighted by Gasteiger charge is -2.53. The van der Waals surface area contributed by atoms with E-state index in [0.717, 1.165) is 59.7 Å². The van der Waals surface area contributed by atoms with Gasteiger partial charge in [0, 0.05) is 18.8 Å². The van der Waals surface area contributed by atoms with E-state index >= 15 is 0 Å². The minimum absolute atomic E-state index is 0.260. The number of carbonyl (C=O) groups is 1. The molecule has 2 aromatic carbocycles. The summed E-state index contributed by atoms with van der Waals surface area (Å²) in [4.78, 5) is 20.6. The summed E-state index contributed by atoms with van der Waals surface area (Å²) in [5.74, 6) is 0.354. The summed E-state index contributed by atoms with van der Waals surface area (Å²) in [5, 5.41) is 4.65. The van der Waals surface area contributed by atoms with Gasteiger partial charge in [-0.3, -0.25) is 4.79 Å². The summed E-state index contributed by atoms with van der Waals surface area (Å²) < 4.78 is 21.7. The van der Waals surface area contributed by atoms with Crippen LogP contribution in [0.3, 0.4) is 0 Å². The molecule has 2 aliphatic rings. The van der Waals surface area contributed by atoms with Gasteiger partial charge in [0.2, 0.25) is 0 Å². The molecule has 0 aliphatic heterocycles. The van der Waals surface area contributed by atoms with E-state index in [0.29, 0.717) is 12.8 Å². The van der Waals surface area contributed by atoms with Gasteiger partial charge in [-0.05, 0) is 73.6 Å². The van der Waals surface area contributed by atoms with Crippen LogP contribution in [0.25, 0.3) is 23.0 Å². The average Bonchev–Trinajstić information content (AvgIpc) is 3.55. The molecule has 4 aromatic rings. The Labute approximate surface area is 221 Å². The molecule has 1 N–H and O–H groups in total. The second-order valence-corrected chi connectivity index (χ2v) is 10.7. The fraction of sp³-hybridized carbons (Fsp3) is 0.323. The van der Waals surface area contributed by atoms with Gasteiger partial charge in [-0.25, -0.2) is 14.1 Å². The number of benzene rings is 2. The zero-order valence-electron chi connectivity index (χ0n) is 21.7. The average molecular weight is 511 g/mol. The number of imidazole rings is 1. The van der Waals surface area contributed by atoms with Crippen LogP contribution >= 0.6 is 0 Å². The summed E-state index contributed by atoms with van der Waals surface area (Å²) in [6.45, 7) is 3.74. The molecule has 2 aromatic heterocycles. The molecule has 2 aliphatic carbocycles. The molecule has 38 heavy (non-hydrogen) atoms. The zero-order chi connectivity index (χ0) is 26.3. The Morgan fingerprint density at radius 1 is 1.13 bits per heavy atom. The Morgan fingerprint density at radius 3 is 2.68 bits per heavy atom. The molecule has 1 saturated carbocycles. The first-order valence-electron chi connectivity index (χ1n) is 13.2. The fourth-order valence-electron chi connectivity index (χ4n) is 6.40. The van der Waals surface area contributed by atoms with E-state index in [4.69, 9.17) is 4.74 Å². The SMILES string of the molecule is CC(=O)O[C@@]1(CCc2ncc(-c3ccccc3)[nH]2)CCCC2=Cc3c(cnn3-c3ccc(F)cc3)CC21C. The predicted molar refractivity (Wildman–Crippen MR) is 144 cm³/mol. The lowest BCUT2D eigenvalue weighted by atomic mass is 9.56. The number of H-pyrrole nitrogens is 1. The Balaban J connectivity index is 1.32. The molecule has 0 amide bonds. The molecule has 7 heteroatoms. The van der Waals surface area contributed by atoms with Crippen molar-refractivity contribution in [2.75, 3.05) is 0 Å². The maximum atomic E-state index is 13.5. The Morgan fingerprint density at radius 2 is 1.92 bits per heavy atom. The number of ether oxygens (including phenoxy) is 1. The van der Waals surface area contributed by atoms with E-state index < -0.39 is 5.60 Å². The Kier molecular flexibility index (Phi) is 6.01. The molecular weight excluding hydrogens is 479 g/mol. The lowest BCUT2D eigenvalue weighted by Crippen LogP contribution is -2.55. The zero-order valence-corrected chi connectivity index (χ0v) is 21.7. The standard InChI is InChI=1S/C31H31FN4O2/c1-21(37)38-31(16-14-29-33-20-27(35-29)22-7-4-3-5-8-22)15-6-9-24-17-28-23(18-30(24,31)2)19-34-36(28)26-12-10-25(32)11-13-26/h3-5,7-8,10-13,17,19-20H,6,9,14-16,18H2,1-2H3,(H,33,35)/t30?,31-/m1/s1. The number of aromatic amines is 1. The highest BCUT2D eigenvalue weighted by Gasteiger charge is 2.56. The van der Waals surface area contributed by atoms with Crippen molar-refractivity contribution in [1.82, 2.24) is 19.7 Å². The maximum absolute atomic E-state index is 13.5. The number of hydrogen-bond acceptors (Lipinski definition) is 4. The normalized spacial score (nSPS) is 22.3. The highest BCUT2D eigenvalue weighted by molar-refractivity contribution is 5.68. The second kappa shape index (κ2) is 9.39. The van der Waals surface area contributed by atoms with Crippen molar-refractivity contribution in [3.8, 4) is 16.9 Å². The van der Waals surface area contributed by atoms with Gasteiger partial charge in [0.15, 0.2) is 0 Å². The third-order valence-corrected chi connectivity index (χ3v) is 8.37. The second-order valence-electron chi connectivity index (χ2n) is 10.7. The van der Waals surface area contributed by atoms with Crippen LogP contribution < -0.4 is 0 Å². The minimum atomic E-state index is -0.654. The first-order chi connectivity index (χ1) is 18.4. The van der Waals surface area contributed by atoms with E-state index in [-0.39, 0.29) is 17.2 Å². The molecule has 2 atom stereocenters. The first kappa shape index (κ1) is 24.3. The summed E-state index contributed by atoms with van der Waals surface area (Å²) in [7, 11) is 0. The molecular formula is C31H31FN4O2. The fourth-order valence-corrected chi connectivity index (χ4v) is 6.40. The molecule has 0 bridgehead atoms. The molecule has 0 spiro atoms. The van der Waals surface area contributed by atoms with Crippen LogP contribution in [-0.4, -0.2) is 31.3 Å². The number of fused-ring (bicyclic) bond motifs is 2. The van der Waals surface area contributed by atoms with E-state index in [1.54, 1.807) is 12.1 Å². The van der Waals surface area contributed by atoms with E-state index in [2.05, 4.69) is 40.2 Å². The van der Waals surface area contributed by atoms with Gasteiger partial charge in [0.25, 0.3) is 0 Å². The number of rotatable bonds is 6. The Bertz CT molecular complexity index is 1500. The smallest absolute Gasteiger partial charge is 0.303 e. The molecule has 1 fully saturated rings. The molecule has 6 nitrogen and oxygen atoms in total. The third-order valence-electron chi connectivity index (χ3n) is 8.37. The summed E-state index contributed by atoms with van der Waals surface area (Å²) in [6, 6.07) is 16.5. The van der Waals surface area contributed by atoms with Crippen molar-refractivity contribution >= 4 is 12.0 Å². The number of nitrogens with one attached hydrogen (secondary N) is 1. The van der Waals surface area contributed by atoms with Gasteiger partial charge in [-0.15, -0.1) is 0 Å². The number of aryl methyl sites for hydroxylation is 1. The van der Waals surface area contributed by atoms with Gasteiger partial charge >= 0.3 is 5.97 Å². The van der Waals surface area contributed by atoms with Crippen LogP contribution in [-0.2, 0) is 22.4 Å². The van der Waals surface area contributed by atoms with Crippen LogP contribution in [0.15, 0.2) is 72.6 Å². The monoisotopic (exact) mass is 510 g/mol. The predicted octanol–water partition coefficient (Wildman–Crippen LogP) is 6.47. The van der Waals surface area contributed by atoms with Crippen molar-refractivity contribution in [2.24, 2.45) is 5.41 Å². The lowest BCUT2D eigenvalue weighted by molar-refractivity contribution is -0.176. The van der Waals surface area contributed by atoms with Crippen LogP contribution in [0.2, 0.25) is 0 Å². The minimum Gasteiger partial charge on any atom is -0.458 e. The number of halogens is 1. The molecule has 0 saturated heterocycles. The molecule has 6 rings (SSSR count).